The second kappa shape index (κ2) is 11.2. The van der Waals surface area contributed by atoms with Gasteiger partial charge in [0.25, 0.3) is 5.91 Å². The van der Waals surface area contributed by atoms with E-state index >= 15 is 0 Å². The van der Waals surface area contributed by atoms with E-state index in [1.807, 2.05) is 42.6 Å². The number of ether oxygens (including phenoxy) is 1. The number of hydrogen-bond acceptors (Lipinski definition) is 6. The quantitative estimate of drug-likeness (QED) is 0.540. The van der Waals surface area contributed by atoms with Crippen molar-refractivity contribution in [3.05, 3.63) is 60.3 Å². The Kier molecular flexibility index (Phi) is 7.56. The molecular formula is C29H37N5O2. The Bertz CT molecular complexity index is 1170. The molecule has 0 spiro atoms. The van der Waals surface area contributed by atoms with Gasteiger partial charge in [0, 0.05) is 68.1 Å². The van der Waals surface area contributed by atoms with Crippen LogP contribution in [0.3, 0.4) is 0 Å². The van der Waals surface area contributed by atoms with Crippen LogP contribution in [0.25, 0.3) is 10.8 Å². The summed E-state index contributed by atoms with van der Waals surface area (Å²) >= 11 is 0. The highest BCUT2D eigenvalue weighted by Crippen LogP contribution is 2.28. The molecule has 1 aromatic heterocycles. The first kappa shape index (κ1) is 24.4. The normalized spacial score (nSPS) is 18.9. The lowest BCUT2D eigenvalue weighted by molar-refractivity contribution is 0.0938. The molecule has 1 amide bonds. The Morgan fingerprint density at radius 2 is 1.78 bits per heavy atom. The maximum absolute atomic E-state index is 13.0. The molecule has 36 heavy (non-hydrogen) atoms. The van der Waals surface area contributed by atoms with Crippen LogP contribution >= 0.6 is 0 Å². The molecular weight excluding hydrogens is 450 g/mol. The molecule has 5 rings (SSSR count). The summed E-state index contributed by atoms with van der Waals surface area (Å²) in [6.45, 7) is 8.59. The lowest BCUT2D eigenvalue weighted by Crippen LogP contribution is -2.46. The van der Waals surface area contributed by atoms with Gasteiger partial charge < -0.3 is 19.9 Å². The fourth-order valence-corrected chi connectivity index (χ4v) is 5.42. The first-order valence-electron chi connectivity index (χ1n) is 13.2. The summed E-state index contributed by atoms with van der Waals surface area (Å²) in [5.41, 5.74) is 1.90. The van der Waals surface area contributed by atoms with Crippen molar-refractivity contribution in [3.63, 3.8) is 0 Å². The highest BCUT2D eigenvalue weighted by Gasteiger charge is 2.21. The number of pyridine rings is 1. The smallest absolute Gasteiger partial charge is 0.251 e. The minimum Gasteiger partial charge on any atom is -0.497 e. The van der Waals surface area contributed by atoms with Crippen molar-refractivity contribution in [2.45, 2.75) is 32.2 Å². The molecule has 0 radical (unpaired) electrons. The number of piperazine rings is 1. The van der Waals surface area contributed by atoms with Crippen LogP contribution in [0.2, 0.25) is 0 Å². The maximum atomic E-state index is 13.0. The van der Waals surface area contributed by atoms with Crippen LogP contribution < -0.4 is 19.9 Å². The van der Waals surface area contributed by atoms with Gasteiger partial charge in [-0.25, -0.2) is 4.98 Å². The third-order valence-corrected chi connectivity index (χ3v) is 7.65. The Morgan fingerprint density at radius 1 is 1.00 bits per heavy atom. The zero-order chi connectivity index (χ0) is 24.9. The summed E-state index contributed by atoms with van der Waals surface area (Å²) in [6, 6.07) is 16.8. The van der Waals surface area contributed by atoms with E-state index in [2.05, 4.69) is 39.1 Å². The number of aromatic nitrogens is 1. The minimum atomic E-state index is -0.0132. The molecule has 2 aliphatic heterocycles. The fourth-order valence-electron chi connectivity index (χ4n) is 5.42. The van der Waals surface area contributed by atoms with Crippen LogP contribution in [0.4, 0.5) is 11.5 Å². The number of rotatable bonds is 7. The number of amides is 1. The predicted molar refractivity (Wildman–Crippen MR) is 146 cm³/mol. The Hall–Kier alpha value is -3.32. The van der Waals surface area contributed by atoms with Gasteiger partial charge in [-0.3, -0.25) is 9.69 Å². The van der Waals surface area contributed by atoms with Gasteiger partial charge in [-0.15, -0.1) is 0 Å². The summed E-state index contributed by atoms with van der Waals surface area (Å²) in [5, 5.41) is 5.27. The largest absolute Gasteiger partial charge is 0.497 e. The van der Waals surface area contributed by atoms with E-state index in [0.717, 1.165) is 61.6 Å². The van der Waals surface area contributed by atoms with E-state index in [0.29, 0.717) is 18.2 Å². The van der Waals surface area contributed by atoms with E-state index in [1.54, 1.807) is 7.11 Å². The Balaban J connectivity index is 1.24. The van der Waals surface area contributed by atoms with Gasteiger partial charge in [-0.1, -0.05) is 12.5 Å². The van der Waals surface area contributed by atoms with Crippen LogP contribution in [0.15, 0.2) is 54.7 Å². The number of hydrogen-bond donors (Lipinski definition) is 1. The fraction of sp³-hybridized carbons (Fsp3) is 0.448. The summed E-state index contributed by atoms with van der Waals surface area (Å²) in [4.78, 5) is 24.9. The molecule has 1 unspecified atom stereocenters. The summed E-state index contributed by atoms with van der Waals surface area (Å²) < 4.78 is 5.29. The zero-order valence-corrected chi connectivity index (χ0v) is 21.4. The number of carbonyl (C=O) groups is 1. The summed E-state index contributed by atoms with van der Waals surface area (Å²) in [7, 11) is 1.69. The van der Waals surface area contributed by atoms with Gasteiger partial charge in [-0.2, -0.15) is 0 Å². The van der Waals surface area contributed by atoms with Crippen LogP contribution in [0.5, 0.6) is 5.75 Å². The van der Waals surface area contributed by atoms with Crippen molar-refractivity contribution in [1.82, 2.24) is 15.2 Å². The average Bonchev–Trinajstić information content (AvgIpc) is 2.93. The van der Waals surface area contributed by atoms with Gasteiger partial charge in [0.2, 0.25) is 0 Å². The molecule has 0 saturated carbocycles. The number of nitrogens with one attached hydrogen (secondary N) is 1. The topological polar surface area (TPSA) is 60.9 Å². The summed E-state index contributed by atoms with van der Waals surface area (Å²) in [6.07, 6.45) is 5.69. The molecule has 7 heteroatoms. The van der Waals surface area contributed by atoms with Crippen molar-refractivity contribution in [1.29, 1.82) is 0 Å². The zero-order valence-electron chi connectivity index (χ0n) is 21.4. The first-order chi connectivity index (χ1) is 17.6. The molecule has 2 aliphatic rings. The van der Waals surface area contributed by atoms with Crippen molar-refractivity contribution < 1.29 is 9.53 Å². The van der Waals surface area contributed by atoms with E-state index in [9.17, 15) is 4.79 Å². The van der Waals surface area contributed by atoms with E-state index < -0.39 is 0 Å². The van der Waals surface area contributed by atoms with Gasteiger partial charge in [0.05, 0.1) is 7.11 Å². The monoisotopic (exact) mass is 487 g/mol. The highest BCUT2D eigenvalue weighted by atomic mass is 16.5. The van der Waals surface area contributed by atoms with Gasteiger partial charge in [0.15, 0.2) is 0 Å². The van der Waals surface area contributed by atoms with E-state index in [4.69, 9.17) is 9.72 Å². The maximum Gasteiger partial charge on any atom is 0.251 e. The average molecular weight is 488 g/mol. The number of methoxy groups -OCH3 is 1. The molecule has 3 aromatic rings. The second-order valence-electron chi connectivity index (χ2n) is 9.88. The Morgan fingerprint density at radius 3 is 2.53 bits per heavy atom. The summed E-state index contributed by atoms with van der Waals surface area (Å²) in [5.74, 6) is 1.82. The second-order valence-corrected chi connectivity index (χ2v) is 9.88. The number of fused-ring (bicyclic) bond motifs is 1. The predicted octanol–water partition coefficient (Wildman–Crippen LogP) is 4.17. The van der Waals surface area contributed by atoms with Crippen LogP contribution in [0, 0.1) is 0 Å². The molecule has 190 valence electrons. The molecule has 0 aliphatic carbocycles. The molecule has 2 saturated heterocycles. The molecule has 1 atom stereocenters. The Labute approximate surface area is 214 Å². The minimum absolute atomic E-state index is 0.0132. The molecule has 2 aromatic carbocycles. The number of benzene rings is 2. The SMILES string of the molecule is COc1ccc(N2CCN(c3nccc4ccc(C(=O)NCCN5CCCCC5C)cc34)CC2)cc1. The van der Waals surface area contributed by atoms with Gasteiger partial charge >= 0.3 is 0 Å². The molecule has 2 fully saturated rings. The van der Waals surface area contributed by atoms with Crippen LogP contribution in [-0.4, -0.2) is 74.8 Å². The lowest BCUT2D eigenvalue weighted by Gasteiger charge is -2.37. The van der Waals surface area contributed by atoms with Crippen molar-refractivity contribution >= 4 is 28.2 Å². The third-order valence-electron chi connectivity index (χ3n) is 7.65. The van der Waals surface area contributed by atoms with E-state index in [-0.39, 0.29) is 5.91 Å². The molecule has 1 N–H and O–H groups in total. The number of piperidine rings is 1. The standard InChI is InChI=1S/C29H37N5O2/c1-22-5-3-4-15-32(22)16-14-31-29(35)24-7-6-23-12-13-30-28(27(23)21-24)34-19-17-33(18-20-34)25-8-10-26(36-2)11-9-25/h6-13,21-22H,3-5,14-20H2,1-2H3,(H,31,35). The highest BCUT2D eigenvalue weighted by molar-refractivity contribution is 6.01. The number of likely N-dealkylation sites (tertiary alicyclic amines) is 1. The molecule has 0 bridgehead atoms. The molecule has 3 heterocycles. The van der Waals surface area contributed by atoms with E-state index in [1.165, 1.54) is 24.9 Å². The lowest BCUT2D eigenvalue weighted by atomic mass is 10.0. The van der Waals surface area contributed by atoms with Crippen LogP contribution in [0.1, 0.15) is 36.5 Å². The number of anilines is 2. The number of nitrogens with zero attached hydrogens (tertiary/aromatic N) is 4. The number of carbonyl (C=O) groups excluding carboxylic acids is 1. The molecule has 7 nitrogen and oxygen atoms in total. The third kappa shape index (κ3) is 5.41. The van der Waals surface area contributed by atoms with Crippen LogP contribution in [-0.2, 0) is 0 Å². The van der Waals surface area contributed by atoms with Crippen molar-refractivity contribution in [3.8, 4) is 5.75 Å². The van der Waals surface area contributed by atoms with Crippen molar-refractivity contribution in [2.24, 2.45) is 0 Å². The van der Waals surface area contributed by atoms with Gasteiger partial charge in [0.1, 0.15) is 11.6 Å². The van der Waals surface area contributed by atoms with Crippen molar-refractivity contribution in [2.75, 3.05) is 62.7 Å². The first-order valence-corrected chi connectivity index (χ1v) is 13.2. The van der Waals surface area contributed by atoms with Gasteiger partial charge in [-0.05, 0) is 74.2 Å².